The summed E-state index contributed by atoms with van der Waals surface area (Å²) in [6.07, 6.45) is 5.09. The van der Waals surface area contributed by atoms with E-state index in [0.29, 0.717) is 24.8 Å². The SMILES string of the molecule is CCNc1c(COCC2CCCC2)cccc1[N+](=O)[O-]. The molecule has 1 aliphatic carbocycles. The Balaban J connectivity index is 2.01. The molecule has 5 nitrogen and oxygen atoms in total. The van der Waals surface area contributed by atoms with Crippen LogP contribution in [0.15, 0.2) is 18.2 Å². The van der Waals surface area contributed by atoms with E-state index in [2.05, 4.69) is 5.32 Å². The Labute approximate surface area is 119 Å². The second-order valence-corrected chi connectivity index (χ2v) is 5.26. The summed E-state index contributed by atoms with van der Waals surface area (Å²) in [7, 11) is 0. The number of nitrogens with one attached hydrogen (secondary N) is 1. The van der Waals surface area contributed by atoms with Crippen LogP contribution in [0, 0.1) is 16.0 Å². The molecule has 0 unspecified atom stereocenters. The molecule has 1 saturated carbocycles. The second-order valence-electron chi connectivity index (χ2n) is 5.26. The van der Waals surface area contributed by atoms with Crippen LogP contribution < -0.4 is 5.32 Å². The van der Waals surface area contributed by atoms with Crippen molar-refractivity contribution in [3.63, 3.8) is 0 Å². The lowest BCUT2D eigenvalue weighted by atomic mass is 10.1. The lowest BCUT2D eigenvalue weighted by Gasteiger charge is -2.13. The van der Waals surface area contributed by atoms with Crippen LogP contribution in [0.1, 0.15) is 38.2 Å². The van der Waals surface area contributed by atoms with E-state index in [-0.39, 0.29) is 10.6 Å². The van der Waals surface area contributed by atoms with E-state index in [9.17, 15) is 10.1 Å². The van der Waals surface area contributed by atoms with Gasteiger partial charge in [0.15, 0.2) is 0 Å². The van der Waals surface area contributed by atoms with Gasteiger partial charge in [-0.25, -0.2) is 0 Å². The number of hydrogen-bond donors (Lipinski definition) is 1. The number of nitrogens with zero attached hydrogens (tertiary/aromatic N) is 1. The quantitative estimate of drug-likeness (QED) is 0.609. The van der Waals surface area contributed by atoms with Crippen molar-refractivity contribution >= 4 is 11.4 Å². The molecule has 110 valence electrons. The second kappa shape index (κ2) is 7.24. The van der Waals surface area contributed by atoms with Crippen LogP contribution in [-0.2, 0) is 11.3 Å². The van der Waals surface area contributed by atoms with Gasteiger partial charge in [0, 0.05) is 24.8 Å². The van der Waals surface area contributed by atoms with Crippen molar-refractivity contribution in [1.29, 1.82) is 0 Å². The predicted molar refractivity (Wildman–Crippen MR) is 78.9 cm³/mol. The van der Waals surface area contributed by atoms with Crippen molar-refractivity contribution in [3.05, 3.63) is 33.9 Å². The van der Waals surface area contributed by atoms with E-state index in [4.69, 9.17) is 4.74 Å². The van der Waals surface area contributed by atoms with Crippen LogP contribution in [0.25, 0.3) is 0 Å². The molecule has 0 radical (unpaired) electrons. The van der Waals surface area contributed by atoms with E-state index < -0.39 is 0 Å². The molecular weight excluding hydrogens is 256 g/mol. The van der Waals surface area contributed by atoms with Gasteiger partial charge >= 0.3 is 0 Å². The minimum atomic E-state index is -0.349. The molecule has 1 aromatic rings. The number of rotatable bonds is 7. The third-order valence-corrected chi connectivity index (χ3v) is 3.76. The fourth-order valence-corrected chi connectivity index (χ4v) is 2.75. The summed E-state index contributed by atoms with van der Waals surface area (Å²) in [5, 5.41) is 14.1. The summed E-state index contributed by atoms with van der Waals surface area (Å²) >= 11 is 0. The van der Waals surface area contributed by atoms with Gasteiger partial charge in [0.1, 0.15) is 5.69 Å². The standard InChI is InChI=1S/C15H22N2O3/c1-2-16-15-13(8-5-9-14(15)17(18)19)11-20-10-12-6-3-4-7-12/h5,8-9,12,16H,2-4,6-7,10-11H2,1H3. The molecule has 0 spiro atoms. The average molecular weight is 278 g/mol. The van der Waals surface area contributed by atoms with Crippen LogP contribution in [0.5, 0.6) is 0 Å². The van der Waals surface area contributed by atoms with Crippen molar-refractivity contribution in [1.82, 2.24) is 0 Å². The van der Waals surface area contributed by atoms with E-state index in [1.54, 1.807) is 6.07 Å². The molecule has 0 aliphatic heterocycles. The summed E-state index contributed by atoms with van der Waals surface area (Å²) in [6, 6.07) is 5.13. The van der Waals surface area contributed by atoms with Gasteiger partial charge in [-0.2, -0.15) is 0 Å². The van der Waals surface area contributed by atoms with Crippen LogP contribution in [0.2, 0.25) is 0 Å². The fraction of sp³-hybridized carbons (Fsp3) is 0.600. The smallest absolute Gasteiger partial charge is 0.292 e. The Morgan fingerprint density at radius 1 is 1.40 bits per heavy atom. The highest BCUT2D eigenvalue weighted by atomic mass is 16.6. The van der Waals surface area contributed by atoms with Gasteiger partial charge in [-0.3, -0.25) is 10.1 Å². The first-order chi connectivity index (χ1) is 9.72. The summed E-state index contributed by atoms with van der Waals surface area (Å²) < 4.78 is 5.76. The number of nitro groups is 1. The number of anilines is 1. The maximum absolute atomic E-state index is 11.1. The normalized spacial score (nSPS) is 15.4. The van der Waals surface area contributed by atoms with Gasteiger partial charge in [0.25, 0.3) is 5.69 Å². The third-order valence-electron chi connectivity index (χ3n) is 3.76. The van der Waals surface area contributed by atoms with Gasteiger partial charge < -0.3 is 10.1 Å². The largest absolute Gasteiger partial charge is 0.379 e. The first-order valence-electron chi connectivity index (χ1n) is 7.30. The maximum atomic E-state index is 11.1. The highest BCUT2D eigenvalue weighted by Crippen LogP contribution is 2.29. The number of benzene rings is 1. The molecule has 1 N–H and O–H groups in total. The lowest BCUT2D eigenvalue weighted by molar-refractivity contribution is -0.384. The molecule has 0 bridgehead atoms. The number of nitro benzene ring substituents is 1. The molecule has 0 atom stereocenters. The molecule has 1 aromatic carbocycles. The zero-order chi connectivity index (χ0) is 14.4. The van der Waals surface area contributed by atoms with Crippen LogP contribution in [-0.4, -0.2) is 18.1 Å². The highest BCUT2D eigenvalue weighted by molar-refractivity contribution is 5.66. The Hall–Kier alpha value is -1.62. The van der Waals surface area contributed by atoms with E-state index in [1.807, 2.05) is 13.0 Å². The molecule has 0 aromatic heterocycles. The van der Waals surface area contributed by atoms with Gasteiger partial charge in [0.2, 0.25) is 0 Å². The van der Waals surface area contributed by atoms with Crippen LogP contribution in [0.4, 0.5) is 11.4 Å². The zero-order valence-electron chi connectivity index (χ0n) is 11.9. The maximum Gasteiger partial charge on any atom is 0.292 e. The zero-order valence-corrected chi connectivity index (χ0v) is 11.9. The molecule has 0 saturated heterocycles. The predicted octanol–water partition coefficient (Wildman–Crippen LogP) is 3.73. The van der Waals surface area contributed by atoms with E-state index in [0.717, 1.165) is 12.2 Å². The average Bonchev–Trinajstić information content (AvgIpc) is 2.93. The fourth-order valence-electron chi connectivity index (χ4n) is 2.75. The lowest BCUT2D eigenvalue weighted by Crippen LogP contribution is -2.09. The van der Waals surface area contributed by atoms with Crippen molar-refractivity contribution in [2.45, 2.75) is 39.2 Å². The van der Waals surface area contributed by atoms with Crippen molar-refractivity contribution in [2.24, 2.45) is 5.92 Å². The Morgan fingerprint density at radius 3 is 2.80 bits per heavy atom. The Kier molecular flexibility index (Phi) is 5.35. The van der Waals surface area contributed by atoms with Crippen molar-refractivity contribution < 1.29 is 9.66 Å². The molecule has 1 aliphatic rings. The molecule has 1 fully saturated rings. The first kappa shape index (κ1) is 14.8. The topological polar surface area (TPSA) is 64.4 Å². The van der Waals surface area contributed by atoms with Gasteiger partial charge in [0.05, 0.1) is 11.5 Å². The molecular formula is C15H22N2O3. The van der Waals surface area contributed by atoms with Crippen LogP contribution >= 0.6 is 0 Å². The van der Waals surface area contributed by atoms with Crippen LogP contribution in [0.3, 0.4) is 0 Å². The number of ether oxygens (including phenoxy) is 1. The van der Waals surface area contributed by atoms with Crippen molar-refractivity contribution in [3.8, 4) is 0 Å². The monoisotopic (exact) mass is 278 g/mol. The summed E-state index contributed by atoms with van der Waals surface area (Å²) in [4.78, 5) is 10.7. The van der Waals surface area contributed by atoms with Crippen molar-refractivity contribution in [2.75, 3.05) is 18.5 Å². The van der Waals surface area contributed by atoms with Gasteiger partial charge in [-0.05, 0) is 25.7 Å². The van der Waals surface area contributed by atoms with E-state index in [1.165, 1.54) is 31.7 Å². The Bertz CT molecular complexity index is 456. The molecule has 0 heterocycles. The number of hydrogen-bond acceptors (Lipinski definition) is 4. The Morgan fingerprint density at radius 2 is 2.15 bits per heavy atom. The highest BCUT2D eigenvalue weighted by Gasteiger charge is 2.18. The van der Waals surface area contributed by atoms with Gasteiger partial charge in [-0.1, -0.05) is 25.0 Å². The minimum Gasteiger partial charge on any atom is -0.379 e. The molecule has 2 rings (SSSR count). The third kappa shape index (κ3) is 3.70. The minimum absolute atomic E-state index is 0.119. The molecule has 0 amide bonds. The number of para-hydroxylation sites is 1. The summed E-state index contributed by atoms with van der Waals surface area (Å²) in [6.45, 7) is 3.77. The van der Waals surface area contributed by atoms with Gasteiger partial charge in [-0.15, -0.1) is 0 Å². The first-order valence-corrected chi connectivity index (χ1v) is 7.30. The molecule has 20 heavy (non-hydrogen) atoms. The summed E-state index contributed by atoms with van der Waals surface area (Å²) in [5.74, 6) is 0.663. The van der Waals surface area contributed by atoms with E-state index >= 15 is 0 Å². The molecule has 5 heteroatoms. The summed E-state index contributed by atoms with van der Waals surface area (Å²) in [5.41, 5.74) is 1.57.